The molecular weight excluding hydrogens is 1670 g/mol. The molecule has 0 saturated carbocycles. The molecule has 0 spiro atoms. The molecule has 11 heteroatoms. The lowest BCUT2D eigenvalue weighted by molar-refractivity contribution is -0.174. The number of benzene rings is 14. The molecule has 0 N–H and O–H groups in total. The van der Waals surface area contributed by atoms with Gasteiger partial charge in [-0.15, -0.1) is 0 Å². The zero-order chi connectivity index (χ0) is 92.8. The zero-order valence-electron chi connectivity index (χ0n) is 81.6. The summed E-state index contributed by atoms with van der Waals surface area (Å²) in [5, 5.41) is 15.4. The highest BCUT2D eigenvalue weighted by Gasteiger charge is 2.39. The largest absolute Gasteiger partial charge is 0.381 e. The Labute approximate surface area is 804 Å². The molecule has 14 aromatic rings. The van der Waals surface area contributed by atoms with Gasteiger partial charge in [0.2, 0.25) is 0 Å². The maximum absolute atomic E-state index is 6.03. The molecule has 4 fully saturated rings. The molecule has 0 amide bonds. The normalized spacial score (nSPS) is 15.1. The number of fused-ring (bicyclic) bond motifs is 6. The van der Waals surface area contributed by atoms with Crippen LogP contribution in [0.25, 0.3) is 120 Å². The predicted molar refractivity (Wildman–Crippen MR) is 560 cm³/mol. The van der Waals surface area contributed by atoms with E-state index < -0.39 is 0 Å². The highest BCUT2D eigenvalue weighted by atomic mass is 16.7. The van der Waals surface area contributed by atoms with Crippen LogP contribution in [0.3, 0.4) is 0 Å². The molecule has 708 valence electrons. The van der Waals surface area contributed by atoms with E-state index in [4.69, 9.17) is 52.1 Å². The molecule has 135 heavy (non-hydrogen) atoms. The lowest BCUT2D eigenvalue weighted by Gasteiger charge is -2.41. The van der Waals surface area contributed by atoms with Crippen LogP contribution in [-0.2, 0) is 78.5 Å². The molecule has 0 aliphatic carbocycles. The standard InChI is InChI=1S/C51H50O6.C38H48O3.C35H48O2/c1-3-51(31-55-32-51)33-57-35-53-26-36-16-20-38(21-17-36)40-24-25-47(42-11-5-4-10-41(40)42)49-45-14-8-6-12-43(45)48(44-13-7-9-15-46(44)49)39-22-18-37(19-23-39)27-52-34-56-30-50(2)28-54-29-50;1-3-38(28-41-29-38)27-40-25-15-9-7-5-4-6-8-14-24-39-26-31-20-22-32(23-21-31)37-35-18-12-10-16-33(35)30(2)34-17-11-13-19-36(34)37;1-3-35(27-37-28-35)24-14-10-8-6-4-5-7-9-11-15-25-36-26-30-19-21-31(22-20-30)33-23-18-29(2)32-16-12-13-17-34(32)33/h4-25H,3,26-35H2,1-2H3;10-13,16-23H,3-9,14-15,24-29H2,1-2H3;12-13,16-23H,3-11,14-15,24-28H2,1-2H3. The average molecular weight is 1810 g/mol. The number of unbranched alkanes of at least 4 members (excludes halogenated alkanes) is 16. The third-order valence-electron chi connectivity index (χ3n) is 29.3. The van der Waals surface area contributed by atoms with E-state index in [1.807, 2.05) is 0 Å². The average Bonchev–Trinajstić information content (AvgIpc) is 0.727. The van der Waals surface area contributed by atoms with Gasteiger partial charge in [0, 0.05) is 41.5 Å². The van der Waals surface area contributed by atoms with Crippen molar-refractivity contribution in [3.63, 3.8) is 0 Å². The lowest BCUT2D eigenvalue weighted by Crippen LogP contribution is -2.45. The first-order valence-corrected chi connectivity index (χ1v) is 51.0. The van der Waals surface area contributed by atoms with Gasteiger partial charge in [-0.05, 0) is 212 Å². The van der Waals surface area contributed by atoms with E-state index in [0.717, 1.165) is 110 Å². The first-order chi connectivity index (χ1) is 66.4. The van der Waals surface area contributed by atoms with Gasteiger partial charge in [-0.25, -0.2) is 0 Å². The van der Waals surface area contributed by atoms with Crippen LogP contribution in [0.4, 0.5) is 0 Å². The fourth-order valence-electron chi connectivity index (χ4n) is 20.2. The molecule has 14 aromatic carbocycles. The van der Waals surface area contributed by atoms with Crippen molar-refractivity contribution in [2.75, 3.05) is 106 Å². The molecule has 0 unspecified atom stereocenters. The Morgan fingerprint density at radius 1 is 0.237 bits per heavy atom. The van der Waals surface area contributed by atoms with Crippen LogP contribution >= 0.6 is 0 Å². The Balaban J connectivity index is 0.000000152. The summed E-state index contributed by atoms with van der Waals surface area (Å²) in [6.07, 6.45) is 28.7. The minimum atomic E-state index is 0.118. The van der Waals surface area contributed by atoms with Gasteiger partial charge >= 0.3 is 0 Å². The van der Waals surface area contributed by atoms with Crippen molar-refractivity contribution in [2.24, 2.45) is 21.7 Å². The highest BCUT2D eigenvalue weighted by Crippen LogP contribution is 2.48. The molecular formula is C124H146O11. The summed E-state index contributed by atoms with van der Waals surface area (Å²) in [5.74, 6) is 0. The van der Waals surface area contributed by atoms with Gasteiger partial charge in [-0.1, -0.05) is 391 Å². The molecule has 4 aliphatic rings. The van der Waals surface area contributed by atoms with Crippen molar-refractivity contribution in [3.05, 3.63) is 300 Å². The van der Waals surface area contributed by atoms with E-state index in [2.05, 4.69) is 308 Å². The molecule has 4 saturated heterocycles. The molecule has 4 aliphatic heterocycles. The fraction of sp³-hybridized carbons (Fsp3) is 0.419. The molecule has 0 radical (unpaired) electrons. The van der Waals surface area contributed by atoms with Crippen molar-refractivity contribution >= 4 is 64.6 Å². The Morgan fingerprint density at radius 2 is 0.526 bits per heavy atom. The summed E-state index contributed by atoms with van der Waals surface area (Å²) < 4.78 is 62.8. The number of aryl methyl sites for hydroxylation is 2. The Hall–Kier alpha value is -9.80. The van der Waals surface area contributed by atoms with Crippen LogP contribution in [-0.4, -0.2) is 106 Å². The summed E-state index contributed by atoms with van der Waals surface area (Å²) in [5.41, 5.74) is 21.0. The number of hydrogen-bond donors (Lipinski definition) is 0. The van der Waals surface area contributed by atoms with Crippen molar-refractivity contribution < 1.29 is 52.1 Å². The monoisotopic (exact) mass is 1810 g/mol. The third kappa shape index (κ3) is 25.6. The van der Waals surface area contributed by atoms with Gasteiger partial charge < -0.3 is 52.1 Å². The SMILES string of the molecule is CCC1(CCCCCCCCCCCCOCc2ccc(-c3ccc(C)c4ccccc34)cc2)COC1.CCC1(COCCCCCCCCCCOCc2ccc(-c3c4ccccc4c(C)c4ccccc34)cc2)COC1.CCC1(COCOCc2ccc(-c3ccc(-c4c5ccccc5c(-c5ccc(COCOCC6(C)COC6)cc5)c5ccccc45)c4ccccc34)cc2)COC1. The molecule has 4 heterocycles. The van der Waals surface area contributed by atoms with Gasteiger partial charge in [0.1, 0.15) is 13.6 Å². The van der Waals surface area contributed by atoms with E-state index >= 15 is 0 Å². The van der Waals surface area contributed by atoms with E-state index in [9.17, 15) is 0 Å². The second-order valence-electron chi connectivity index (χ2n) is 39.6. The summed E-state index contributed by atoms with van der Waals surface area (Å²) in [6, 6.07) is 97.2. The molecule has 18 rings (SSSR count). The van der Waals surface area contributed by atoms with E-state index in [1.54, 1.807) is 0 Å². The summed E-state index contributed by atoms with van der Waals surface area (Å²) >= 11 is 0. The van der Waals surface area contributed by atoms with Crippen LogP contribution in [0.15, 0.2) is 267 Å². The first-order valence-electron chi connectivity index (χ1n) is 51.0. The van der Waals surface area contributed by atoms with Gasteiger partial charge in [0.05, 0.1) is 99.1 Å². The maximum Gasteiger partial charge on any atom is 0.147 e. The Morgan fingerprint density at radius 3 is 0.904 bits per heavy atom. The molecule has 0 bridgehead atoms. The predicted octanol–water partition coefficient (Wildman–Crippen LogP) is 31.7. The van der Waals surface area contributed by atoms with Crippen LogP contribution < -0.4 is 0 Å². The number of hydrogen-bond acceptors (Lipinski definition) is 11. The third-order valence-corrected chi connectivity index (χ3v) is 29.3. The second-order valence-corrected chi connectivity index (χ2v) is 39.6. The topological polar surface area (TPSA) is 102 Å². The van der Waals surface area contributed by atoms with Crippen LogP contribution in [0.5, 0.6) is 0 Å². The smallest absolute Gasteiger partial charge is 0.147 e. The summed E-state index contributed by atoms with van der Waals surface area (Å²) in [7, 11) is 0. The quantitative estimate of drug-likeness (QED) is 0.0207. The Bertz CT molecular complexity index is 5910. The zero-order valence-corrected chi connectivity index (χ0v) is 81.6. The maximum atomic E-state index is 6.03. The van der Waals surface area contributed by atoms with Crippen LogP contribution in [0, 0.1) is 35.5 Å². The van der Waals surface area contributed by atoms with Crippen molar-refractivity contribution in [3.8, 4) is 55.6 Å². The Kier molecular flexibility index (Phi) is 36.0. The van der Waals surface area contributed by atoms with E-state index in [0.29, 0.717) is 50.5 Å². The molecule has 0 aromatic heterocycles. The second kappa shape index (κ2) is 49.5. The van der Waals surface area contributed by atoms with Gasteiger partial charge in [0.25, 0.3) is 0 Å². The highest BCUT2D eigenvalue weighted by molar-refractivity contribution is 6.24. The summed E-state index contributed by atoms with van der Waals surface area (Å²) in [6.45, 7) is 28.0. The van der Waals surface area contributed by atoms with Gasteiger partial charge in [0.15, 0.2) is 0 Å². The lowest BCUT2D eigenvalue weighted by atomic mass is 9.78. The van der Waals surface area contributed by atoms with Gasteiger partial charge in [-0.2, -0.15) is 0 Å². The van der Waals surface area contributed by atoms with Gasteiger partial charge in [-0.3, -0.25) is 0 Å². The molecule has 0 atom stereocenters. The van der Waals surface area contributed by atoms with Crippen molar-refractivity contribution in [1.82, 2.24) is 0 Å². The summed E-state index contributed by atoms with van der Waals surface area (Å²) in [4.78, 5) is 0. The van der Waals surface area contributed by atoms with Crippen molar-refractivity contribution in [1.29, 1.82) is 0 Å². The minimum Gasteiger partial charge on any atom is -0.381 e. The molecule has 11 nitrogen and oxygen atoms in total. The number of rotatable bonds is 50. The van der Waals surface area contributed by atoms with Crippen LogP contribution in [0.2, 0.25) is 0 Å². The first kappa shape index (κ1) is 98.3. The number of ether oxygens (including phenoxy) is 11. The van der Waals surface area contributed by atoms with E-state index in [1.165, 1.54) is 265 Å². The van der Waals surface area contributed by atoms with Crippen LogP contribution in [0.1, 0.15) is 202 Å². The fourth-order valence-corrected chi connectivity index (χ4v) is 20.2. The van der Waals surface area contributed by atoms with E-state index in [-0.39, 0.29) is 24.4 Å². The van der Waals surface area contributed by atoms with Crippen molar-refractivity contribution in [2.45, 2.75) is 209 Å². The minimum absolute atomic E-state index is 0.118.